The van der Waals surface area contributed by atoms with Crippen molar-refractivity contribution < 1.29 is 9.90 Å². The van der Waals surface area contributed by atoms with Crippen LogP contribution in [0.1, 0.15) is 32.3 Å². The third-order valence-corrected chi connectivity index (χ3v) is 3.35. The van der Waals surface area contributed by atoms with Crippen molar-refractivity contribution >= 4 is 5.91 Å². The van der Waals surface area contributed by atoms with E-state index >= 15 is 0 Å². The molecular weight excluding hydrogens is 226 g/mol. The molecule has 1 aliphatic rings. The second kappa shape index (κ2) is 7.17. The van der Waals surface area contributed by atoms with Gasteiger partial charge < -0.3 is 10.0 Å². The van der Waals surface area contributed by atoms with E-state index in [4.69, 9.17) is 0 Å². The van der Waals surface area contributed by atoms with Gasteiger partial charge in [0.15, 0.2) is 0 Å². The summed E-state index contributed by atoms with van der Waals surface area (Å²) >= 11 is 0. The lowest BCUT2D eigenvalue weighted by molar-refractivity contribution is -0.128. The first-order valence-corrected chi connectivity index (χ1v) is 6.63. The van der Waals surface area contributed by atoms with E-state index < -0.39 is 0 Å². The van der Waals surface area contributed by atoms with E-state index in [1.807, 2.05) is 36.9 Å². The average Bonchev–Trinajstić information content (AvgIpc) is 2.86. The Morgan fingerprint density at radius 3 is 2.39 bits per heavy atom. The maximum Gasteiger partial charge on any atom is 0.219 e. The third-order valence-electron chi connectivity index (χ3n) is 3.35. The summed E-state index contributed by atoms with van der Waals surface area (Å²) in [5.41, 5.74) is 1.21. The average molecular weight is 249 g/mol. The standard InChI is InChI=1S/C13H17NO2.C2H6/c1-10(16)14-7-12(9-15)13(8-14)11-5-3-2-4-6-11;1-2/h2-6,12-13,15H,7-9H2,1H3;1-2H3/t12-,13-;/m0./s1. The van der Waals surface area contributed by atoms with E-state index in [1.54, 1.807) is 6.92 Å². The molecule has 1 aromatic rings. The van der Waals surface area contributed by atoms with Crippen LogP contribution in [-0.2, 0) is 4.79 Å². The van der Waals surface area contributed by atoms with Crippen LogP contribution in [0.3, 0.4) is 0 Å². The minimum atomic E-state index is 0.0943. The van der Waals surface area contributed by atoms with Gasteiger partial charge in [-0.25, -0.2) is 0 Å². The van der Waals surface area contributed by atoms with Crippen LogP contribution in [-0.4, -0.2) is 35.6 Å². The summed E-state index contributed by atoms with van der Waals surface area (Å²) < 4.78 is 0. The van der Waals surface area contributed by atoms with Gasteiger partial charge in [-0.05, 0) is 5.56 Å². The molecule has 18 heavy (non-hydrogen) atoms. The van der Waals surface area contributed by atoms with Gasteiger partial charge in [0.1, 0.15) is 0 Å². The molecule has 0 unspecified atom stereocenters. The largest absolute Gasteiger partial charge is 0.396 e. The molecule has 1 aliphatic heterocycles. The SMILES string of the molecule is CC.CC(=O)N1C[C@@H](CO)[C@H](c2ccccc2)C1. The molecule has 0 aromatic heterocycles. The lowest BCUT2D eigenvalue weighted by Gasteiger charge is -2.15. The van der Waals surface area contributed by atoms with Crippen molar-refractivity contribution in [2.24, 2.45) is 5.92 Å². The molecule has 0 spiro atoms. The van der Waals surface area contributed by atoms with E-state index in [-0.39, 0.29) is 24.3 Å². The first kappa shape index (κ1) is 14.7. The molecule has 0 saturated carbocycles. The van der Waals surface area contributed by atoms with Crippen LogP contribution < -0.4 is 0 Å². The molecule has 1 amide bonds. The summed E-state index contributed by atoms with van der Waals surface area (Å²) in [5.74, 6) is 0.540. The fourth-order valence-corrected chi connectivity index (χ4v) is 2.39. The van der Waals surface area contributed by atoms with Crippen LogP contribution in [0, 0.1) is 5.92 Å². The summed E-state index contributed by atoms with van der Waals surface area (Å²) in [6.07, 6.45) is 0. The zero-order valence-electron chi connectivity index (χ0n) is 11.5. The molecule has 1 aromatic carbocycles. The number of rotatable bonds is 2. The van der Waals surface area contributed by atoms with E-state index in [1.165, 1.54) is 5.56 Å². The monoisotopic (exact) mass is 249 g/mol. The van der Waals surface area contributed by atoms with Crippen LogP contribution >= 0.6 is 0 Å². The fourth-order valence-electron chi connectivity index (χ4n) is 2.39. The van der Waals surface area contributed by atoms with Crippen molar-refractivity contribution in [3.05, 3.63) is 35.9 Å². The molecule has 2 atom stereocenters. The molecule has 1 saturated heterocycles. The third kappa shape index (κ3) is 3.33. The molecule has 0 aliphatic carbocycles. The Labute approximate surface area is 109 Å². The zero-order chi connectivity index (χ0) is 13.5. The second-order valence-electron chi connectivity index (χ2n) is 4.38. The quantitative estimate of drug-likeness (QED) is 0.873. The number of nitrogens with zero attached hydrogens (tertiary/aromatic N) is 1. The maximum absolute atomic E-state index is 11.3. The summed E-state index contributed by atoms with van der Waals surface area (Å²) in [7, 11) is 0. The topological polar surface area (TPSA) is 40.5 Å². The molecule has 3 heteroatoms. The Kier molecular flexibility index (Phi) is 5.86. The van der Waals surface area contributed by atoms with Gasteiger partial charge in [-0.1, -0.05) is 44.2 Å². The van der Waals surface area contributed by atoms with Crippen LogP contribution in [0.15, 0.2) is 30.3 Å². The maximum atomic E-state index is 11.3. The van der Waals surface area contributed by atoms with Crippen molar-refractivity contribution in [1.29, 1.82) is 0 Å². The summed E-state index contributed by atoms with van der Waals surface area (Å²) in [5, 5.41) is 9.36. The van der Waals surface area contributed by atoms with Gasteiger partial charge in [-0.15, -0.1) is 0 Å². The highest BCUT2D eigenvalue weighted by Gasteiger charge is 2.34. The summed E-state index contributed by atoms with van der Waals surface area (Å²) in [6, 6.07) is 10.1. The van der Waals surface area contributed by atoms with Gasteiger partial charge in [0, 0.05) is 38.5 Å². The van der Waals surface area contributed by atoms with Crippen molar-refractivity contribution in [1.82, 2.24) is 4.90 Å². The highest BCUT2D eigenvalue weighted by molar-refractivity contribution is 5.73. The van der Waals surface area contributed by atoms with Gasteiger partial charge in [0.05, 0.1) is 0 Å². The smallest absolute Gasteiger partial charge is 0.219 e. The van der Waals surface area contributed by atoms with Gasteiger partial charge in [-0.2, -0.15) is 0 Å². The van der Waals surface area contributed by atoms with Crippen LogP contribution in [0.25, 0.3) is 0 Å². The predicted octanol–water partition coefficient (Wildman–Crippen LogP) is 2.27. The molecule has 2 rings (SSSR count). The van der Waals surface area contributed by atoms with Crippen molar-refractivity contribution in [3.8, 4) is 0 Å². The Hall–Kier alpha value is -1.35. The summed E-state index contributed by atoms with van der Waals surface area (Å²) in [6.45, 7) is 7.13. The van der Waals surface area contributed by atoms with Crippen LogP contribution in [0.4, 0.5) is 0 Å². The minimum Gasteiger partial charge on any atom is -0.396 e. The number of amides is 1. The molecule has 0 bridgehead atoms. The Morgan fingerprint density at radius 1 is 1.28 bits per heavy atom. The number of benzene rings is 1. The molecule has 100 valence electrons. The lowest BCUT2D eigenvalue weighted by Crippen LogP contribution is -2.26. The molecule has 1 heterocycles. The lowest BCUT2D eigenvalue weighted by atomic mass is 9.90. The fraction of sp³-hybridized carbons (Fsp3) is 0.533. The van der Waals surface area contributed by atoms with Crippen molar-refractivity contribution in [2.75, 3.05) is 19.7 Å². The van der Waals surface area contributed by atoms with Crippen molar-refractivity contribution in [2.45, 2.75) is 26.7 Å². The normalized spacial score (nSPS) is 22.3. The van der Waals surface area contributed by atoms with Crippen LogP contribution in [0.5, 0.6) is 0 Å². The van der Waals surface area contributed by atoms with E-state index in [2.05, 4.69) is 12.1 Å². The number of likely N-dealkylation sites (tertiary alicyclic amines) is 1. The predicted molar refractivity (Wildman–Crippen MR) is 73.4 cm³/mol. The minimum absolute atomic E-state index is 0.0943. The number of hydrogen-bond donors (Lipinski definition) is 1. The van der Waals surface area contributed by atoms with Crippen LogP contribution in [0.2, 0.25) is 0 Å². The van der Waals surface area contributed by atoms with E-state index in [9.17, 15) is 9.90 Å². The van der Waals surface area contributed by atoms with Gasteiger partial charge >= 0.3 is 0 Å². The first-order chi connectivity index (χ1) is 8.72. The number of aliphatic hydroxyl groups is 1. The van der Waals surface area contributed by atoms with E-state index in [0.717, 1.165) is 6.54 Å². The molecular formula is C15H23NO2. The first-order valence-electron chi connectivity index (χ1n) is 6.63. The highest BCUT2D eigenvalue weighted by atomic mass is 16.3. The van der Waals surface area contributed by atoms with E-state index in [0.29, 0.717) is 6.54 Å². The highest BCUT2D eigenvalue weighted by Crippen LogP contribution is 2.32. The molecule has 0 radical (unpaired) electrons. The zero-order valence-corrected chi connectivity index (χ0v) is 11.5. The number of carbonyl (C=O) groups is 1. The Bertz CT molecular complexity index is 364. The van der Waals surface area contributed by atoms with Gasteiger partial charge in [-0.3, -0.25) is 4.79 Å². The Balaban J connectivity index is 0.000000771. The summed E-state index contributed by atoms with van der Waals surface area (Å²) in [4.78, 5) is 13.1. The van der Waals surface area contributed by atoms with Gasteiger partial charge in [0.2, 0.25) is 5.91 Å². The molecule has 1 fully saturated rings. The van der Waals surface area contributed by atoms with Gasteiger partial charge in [0.25, 0.3) is 0 Å². The molecule has 3 nitrogen and oxygen atoms in total. The Morgan fingerprint density at radius 2 is 1.89 bits per heavy atom. The number of carbonyl (C=O) groups excluding carboxylic acids is 1. The molecule has 1 N–H and O–H groups in total. The number of hydrogen-bond acceptors (Lipinski definition) is 2. The van der Waals surface area contributed by atoms with Crippen molar-refractivity contribution in [3.63, 3.8) is 0 Å². The number of aliphatic hydroxyl groups excluding tert-OH is 1. The second-order valence-corrected chi connectivity index (χ2v) is 4.38.